The average molecular weight is 194 g/mol. The smallest absolute Gasteiger partial charge is 0.290 e. The lowest BCUT2D eigenvalue weighted by Crippen LogP contribution is -2.15. The minimum absolute atomic E-state index is 0.0581. The van der Waals surface area contributed by atoms with Crippen molar-refractivity contribution in [2.45, 2.75) is 37.4 Å². The van der Waals surface area contributed by atoms with E-state index in [0.717, 1.165) is 19.3 Å². The lowest BCUT2D eigenvalue weighted by Gasteiger charge is -2.13. The molecule has 3 unspecified atom stereocenters. The van der Waals surface area contributed by atoms with Crippen LogP contribution in [-0.2, 0) is 4.74 Å². The summed E-state index contributed by atoms with van der Waals surface area (Å²) in [5.74, 6) is 0.910. The zero-order chi connectivity index (χ0) is 9.54. The Hall–Kier alpha value is -1.23. The number of hydrogen-bond donors (Lipinski definition) is 0. The molecule has 2 saturated heterocycles. The minimum Gasteiger partial charge on any atom is -0.374 e. The van der Waals surface area contributed by atoms with Crippen molar-refractivity contribution in [2.75, 3.05) is 0 Å². The lowest BCUT2D eigenvalue weighted by molar-refractivity contribution is 0.0996. The Bertz CT molecular complexity index is 363. The fourth-order valence-corrected chi connectivity index (χ4v) is 2.36. The first-order valence-corrected chi connectivity index (χ1v) is 4.81. The number of ether oxygens (including phenoxy) is 1. The second kappa shape index (κ2) is 2.88. The molecule has 0 radical (unpaired) electrons. The molecule has 2 aliphatic heterocycles. The Morgan fingerprint density at radius 3 is 2.93 bits per heavy atom. The van der Waals surface area contributed by atoms with E-state index in [4.69, 9.17) is 9.26 Å². The predicted molar refractivity (Wildman–Crippen MR) is 44.9 cm³/mol. The van der Waals surface area contributed by atoms with E-state index in [2.05, 4.69) is 10.1 Å². The molecule has 0 saturated carbocycles. The number of aromatic nitrogens is 2. The van der Waals surface area contributed by atoms with Gasteiger partial charge in [0.15, 0.2) is 5.82 Å². The summed E-state index contributed by atoms with van der Waals surface area (Å²) in [6, 6.07) is 0. The van der Waals surface area contributed by atoms with Gasteiger partial charge in [-0.25, -0.2) is 0 Å². The Kier molecular flexibility index (Phi) is 1.67. The van der Waals surface area contributed by atoms with Crippen molar-refractivity contribution in [1.82, 2.24) is 10.1 Å². The zero-order valence-electron chi connectivity index (χ0n) is 7.55. The van der Waals surface area contributed by atoms with Crippen LogP contribution < -0.4 is 0 Å². The second-order valence-corrected chi connectivity index (χ2v) is 3.82. The molecule has 1 aromatic heterocycles. The molecule has 0 N–H and O–H groups in total. The first kappa shape index (κ1) is 8.11. The van der Waals surface area contributed by atoms with Crippen LogP contribution in [0.4, 0.5) is 0 Å². The van der Waals surface area contributed by atoms with Crippen LogP contribution in [0.25, 0.3) is 0 Å². The topological polar surface area (TPSA) is 65.2 Å². The molecule has 2 bridgehead atoms. The van der Waals surface area contributed by atoms with Gasteiger partial charge >= 0.3 is 0 Å². The van der Waals surface area contributed by atoms with Crippen molar-refractivity contribution >= 4 is 6.29 Å². The first-order chi connectivity index (χ1) is 6.86. The third-order valence-corrected chi connectivity index (χ3v) is 3.00. The fourth-order valence-electron chi connectivity index (χ4n) is 2.36. The van der Waals surface area contributed by atoms with Gasteiger partial charge in [0.25, 0.3) is 5.89 Å². The summed E-state index contributed by atoms with van der Waals surface area (Å²) in [6.07, 6.45) is 4.34. The van der Waals surface area contributed by atoms with Gasteiger partial charge in [0.1, 0.15) is 0 Å². The maximum atomic E-state index is 10.4. The molecule has 2 aliphatic rings. The molecule has 14 heavy (non-hydrogen) atoms. The summed E-state index contributed by atoms with van der Waals surface area (Å²) in [7, 11) is 0. The number of carbonyl (C=O) groups is 1. The van der Waals surface area contributed by atoms with Crippen LogP contribution >= 0.6 is 0 Å². The number of aldehydes is 1. The highest BCUT2D eigenvalue weighted by Gasteiger charge is 2.43. The normalized spacial score (nSPS) is 35.0. The number of nitrogens with zero attached hydrogens (tertiary/aromatic N) is 2. The summed E-state index contributed by atoms with van der Waals surface area (Å²) < 4.78 is 10.4. The summed E-state index contributed by atoms with van der Waals surface area (Å²) >= 11 is 0. The highest BCUT2D eigenvalue weighted by molar-refractivity contribution is 5.66. The second-order valence-electron chi connectivity index (χ2n) is 3.82. The molecule has 1 aromatic rings. The molecule has 74 valence electrons. The quantitative estimate of drug-likeness (QED) is 0.655. The maximum Gasteiger partial charge on any atom is 0.290 e. The van der Waals surface area contributed by atoms with Crippen LogP contribution in [0.1, 0.15) is 41.7 Å². The Morgan fingerprint density at radius 2 is 2.36 bits per heavy atom. The molecule has 0 aromatic carbocycles. The van der Waals surface area contributed by atoms with E-state index in [-0.39, 0.29) is 17.9 Å². The Balaban J connectivity index is 1.85. The minimum atomic E-state index is 0.0581. The van der Waals surface area contributed by atoms with E-state index in [1.54, 1.807) is 0 Å². The summed E-state index contributed by atoms with van der Waals surface area (Å²) in [5, 5.41) is 3.79. The van der Waals surface area contributed by atoms with Crippen molar-refractivity contribution in [1.29, 1.82) is 0 Å². The van der Waals surface area contributed by atoms with Gasteiger partial charge < -0.3 is 9.26 Å². The van der Waals surface area contributed by atoms with Gasteiger partial charge in [-0.05, 0) is 19.3 Å². The van der Waals surface area contributed by atoms with Gasteiger partial charge in [0.2, 0.25) is 6.29 Å². The number of fused-ring (bicyclic) bond motifs is 2. The summed E-state index contributed by atoms with van der Waals surface area (Å²) in [4.78, 5) is 14.4. The third kappa shape index (κ3) is 1.09. The number of hydrogen-bond acceptors (Lipinski definition) is 5. The predicted octanol–water partition coefficient (Wildman–Crippen LogP) is 0.917. The van der Waals surface area contributed by atoms with Gasteiger partial charge in [-0.3, -0.25) is 4.79 Å². The third-order valence-electron chi connectivity index (χ3n) is 3.00. The van der Waals surface area contributed by atoms with Gasteiger partial charge in [0.05, 0.1) is 18.1 Å². The molecule has 3 heterocycles. The molecule has 3 atom stereocenters. The fraction of sp³-hybridized carbons (Fsp3) is 0.667. The maximum absolute atomic E-state index is 10.4. The van der Waals surface area contributed by atoms with Crippen molar-refractivity contribution in [3.63, 3.8) is 0 Å². The van der Waals surface area contributed by atoms with Crippen LogP contribution in [0, 0.1) is 0 Å². The van der Waals surface area contributed by atoms with Crippen LogP contribution in [0.2, 0.25) is 0 Å². The highest BCUT2D eigenvalue weighted by atomic mass is 16.5. The van der Waals surface area contributed by atoms with Gasteiger partial charge in [-0.2, -0.15) is 4.98 Å². The molecular formula is C9H10N2O3. The van der Waals surface area contributed by atoms with Gasteiger partial charge in [0, 0.05) is 0 Å². The SMILES string of the molecule is O=Cc1nc(C2CC3CCC2O3)no1. The first-order valence-electron chi connectivity index (χ1n) is 4.81. The molecular weight excluding hydrogens is 184 g/mol. The van der Waals surface area contributed by atoms with Crippen molar-refractivity contribution < 1.29 is 14.1 Å². The standard InChI is InChI=1S/C9H10N2O3/c12-4-8-10-9(11-14-8)6-3-5-1-2-7(6)13-5/h4-7H,1-3H2. The number of carbonyl (C=O) groups excluding carboxylic acids is 1. The van der Waals surface area contributed by atoms with Crippen molar-refractivity contribution in [2.24, 2.45) is 0 Å². The van der Waals surface area contributed by atoms with E-state index in [0.29, 0.717) is 18.2 Å². The molecule has 5 nitrogen and oxygen atoms in total. The molecule has 0 spiro atoms. The van der Waals surface area contributed by atoms with Crippen molar-refractivity contribution in [3.8, 4) is 0 Å². The lowest BCUT2D eigenvalue weighted by atomic mass is 9.89. The summed E-state index contributed by atoms with van der Waals surface area (Å²) in [6.45, 7) is 0. The van der Waals surface area contributed by atoms with Crippen LogP contribution in [0.15, 0.2) is 4.52 Å². The highest BCUT2D eigenvalue weighted by Crippen LogP contribution is 2.43. The Labute approximate surface area is 80.4 Å². The van der Waals surface area contributed by atoms with E-state index in [1.165, 1.54) is 0 Å². The Morgan fingerprint density at radius 1 is 1.43 bits per heavy atom. The molecule has 2 fully saturated rings. The average Bonchev–Trinajstić information content (AvgIpc) is 2.93. The zero-order valence-corrected chi connectivity index (χ0v) is 7.55. The van der Waals surface area contributed by atoms with Crippen LogP contribution in [0.3, 0.4) is 0 Å². The van der Waals surface area contributed by atoms with E-state index < -0.39 is 0 Å². The van der Waals surface area contributed by atoms with Gasteiger partial charge in [-0.1, -0.05) is 5.16 Å². The monoisotopic (exact) mass is 194 g/mol. The van der Waals surface area contributed by atoms with Crippen molar-refractivity contribution in [3.05, 3.63) is 11.7 Å². The number of rotatable bonds is 2. The molecule has 5 heteroatoms. The molecule has 0 aliphatic carbocycles. The molecule has 3 rings (SSSR count). The van der Waals surface area contributed by atoms with E-state index >= 15 is 0 Å². The van der Waals surface area contributed by atoms with E-state index in [1.807, 2.05) is 0 Å². The summed E-state index contributed by atoms with van der Waals surface area (Å²) in [5.41, 5.74) is 0. The van der Waals surface area contributed by atoms with E-state index in [9.17, 15) is 4.79 Å². The largest absolute Gasteiger partial charge is 0.374 e. The van der Waals surface area contributed by atoms with Crippen LogP contribution in [0.5, 0.6) is 0 Å². The van der Waals surface area contributed by atoms with Gasteiger partial charge in [-0.15, -0.1) is 0 Å². The van der Waals surface area contributed by atoms with Crippen LogP contribution in [-0.4, -0.2) is 28.6 Å². The molecule has 0 amide bonds.